The van der Waals surface area contributed by atoms with Crippen LogP contribution in [-0.2, 0) is 0 Å². The van der Waals surface area contributed by atoms with Crippen LogP contribution in [0.25, 0.3) is 21.5 Å². The summed E-state index contributed by atoms with van der Waals surface area (Å²) in [5.41, 5.74) is 0. The third-order valence-corrected chi connectivity index (χ3v) is 5.78. The highest BCUT2D eigenvalue weighted by atomic mass is 19.2. The van der Waals surface area contributed by atoms with Gasteiger partial charge in [-0.05, 0) is 24.3 Å². The fraction of sp³-hybridized carbons (Fsp3) is 0. The van der Waals surface area contributed by atoms with E-state index in [4.69, 9.17) is 14.0 Å². The molecule has 5 rings (SSSR count). The van der Waals surface area contributed by atoms with E-state index in [9.17, 15) is 48.3 Å². The smallest absolute Gasteiger partial charge is 0.489 e. The quantitative estimate of drug-likeness (QED) is 0.0871. The van der Waals surface area contributed by atoms with Crippen molar-refractivity contribution in [2.75, 3.05) is 0 Å². The van der Waals surface area contributed by atoms with Crippen molar-refractivity contribution in [2.45, 2.75) is 0 Å². The molecule has 0 heterocycles. The van der Waals surface area contributed by atoms with Gasteiger partial charge in [-0.2, -0.15) is 4.39 Å². The lowest BCUT2D eigenvalue weighted by Crippen LogP contribution is -2.38. The predicted octanol–water partition coefficient (Wildman–Crippen LogP) is 8.04. The zero-order chi connectivity index (χ0) is 29.7. The van der Waals surface area contributed by atoms with E-state index in [2.05, 4.69) is 0 Å². The minimum absolute atomic E-state index is 0.370. The molecule has 5 aromatic rings. The van der Waals surface area contributed by atoms with Gasteiger partial charge in [0, 0.05) is 10.8 Å². The van der Waals surface area contributed by atoms with Crippen LogP contribution in [0.1, 0.15) is 0 Å². The van der Waals surface area contributed by atoms with Gasteiger partial charge in [-0.15, -0.1) is 0 Å². The molecule has 0 saturated heterocycles. The molecule has 0 aromatic heterocycles. The van der Waals surface area contributed by atoms with E-state index in [1.165, 1.54) is 0 Å². The van der Waals surface area contributed by atoms with Crippen LogP contribution in [0.3, 0.4) is 0 Å². The maximum Gasteiger partial charge on any atom is 0.864 e. The van der Waals surface area contributed by atoms with E-state index in [0.29, 0.717) is 12.1 Å². The molecule has 5 aromatic carbocycles. The number of halogens is 11. The number of fused-ring (bicyclic) bond motifs is 2. The number of hydrogen-bond donors (Lipinski definition) is 0. The number of hydrogen-bond acceptors (Lipinski definition) is 3. The van der Waals surface area contributed by atoms with Crippen molar-refractivity contribution >= 4 is 28.9 Å². The fourth-order valence-electron chi connectivity index (χ4n) is 3.91. The maximum absolute atomic E-state index is 14.7. The minimum atomic E-state index is -2.66. The summed E-state index contributed by atoms with van der Waals surface area (Å²) in [6.45, 7) is 0. The molecule has 0 fully saturated rings. The zero-order valence-corrected chi connectivity index (χ0v) is 19.6. The molecular weight excluding hydrogens is 580 g/mol. The Labute approximate surface area is 221 Å². The molecule has 0 amide bonds. The Balaban J connectivity index is 1.69. The third-order valence-electron chi connectivity index (χ3n) is 5.78. The first-order valence-electron chi connectivity index (χ1n) is 11.0. The molecule has 0 saturated carbocycles. The van der Waals surface area contributed by atoms with Gasteiger partial charge in [0.1, 0.15) is 11.5 Å². The Morgan fingerprint density at radius 3 is 1.27 bits per heavy atom. The molecule has 0 atom stereocenters. The highest BCUT2D eigenvalue weighted by Crippen LogP contribution is 2.37. The number of benzene rings is 5. The summed E-state index contributed by atoms with van der Waals surface area (Å²) < 4.78 is 172. The molecule has 210 valence electrons. The Hall–Kier alpha value is -4.69. The van der Waals surface area contributed by atoms with Gasteiger partial charge < -0.3 is 14.0 Å². The van der Waals surface area contributed by atoms with Gasteiger partial charge in [-0.3, -0.25) is 0 Å². The Kier molecular flexibility index (Phi) is 7.05. The molecule has 41 heavy (non-hydrogen) atoms. The van der Waals surface area contributed by atoms with Gasteiger partial charge in [0.05, 0.1) is 10.8 Å². The van der Waals surface area contributed by atoms with Crippen LogP contribution in [0.5, 0.6) is 17.2 Å². The summed E-state index contributed by atoms with van der Waals surface area (Å²) in [6.07, 6.45) is 0. The second-order valence-corrected chi connectivity index (χ2v) is 8.18. The van der Waals surface area contributed by atoms with Gasteiger partial charge in [-0.1, -0.05) is 24.3 Å². The van der Waals surface area contributed by atoms with E-state index in [-0.39, 0.29) is 0 Å². The summed E-state index contributed by atoms with van der Waals surface area (Å²) in [6, 6.07) is 5.93. The highest BCUT2D eigenvalue weighted by Gasteiger charge is 2.36. The molecule has 3 nitrogen and oxygen atoms in total. The third kappa shape index (κ3) is 4.60. The lowest BCUT2D eigenvalue weighted by molar-refractivity contribution is 0.290. The largest absolute Gasteiger partial charge is 0.864 e. The standard InChI is InChI=1S/C26H8BF11O3/c28-11-7-8-12(29)26(19(11)32)41-27(39-13-5-1-3-9-15(13)20(33)24(37)22(35)17(9)30)40-14-6-2-4-10-16(14)21(34)25(38)23(36)18(10)31/h1-8H. The van der Waals surface area contributed by atoms with E-state index >= 15 is 0 Å². The van der Waals surface area contributed by atoms with Crippen LogP contribution in [-0.4, -0.2) is 7.32 Å². The van der Waals surface area contributed by atoms with Gasteiger partial charge in [0.25, 0.3) is 0 Å². The van der Waals surface area contributed by atoms with Crippen LogP contribution >= 0.6 is 0 Å². The second-order valence-electron chi connectivity index (χ2n) is 8.18. The first-order chi connectivity index (χ1) is 19.4. The molecular formula is C26H8BF11O3. The molecule has 0 aliphatic heterocycles. The molecule has 0 aliphatic rings. The SMILES string of the molecule is Fc1ccc(F)c(OB(Oc2cccc3c(F)c(F)c(F)c(F)c23)Oc2cccc3c(F)c(F)c(F)c(F)c23)c1F. The van der Waals surface area contributed by atoms with Crippen LogP contribution in [0.15, 0.2) is 48.5 Å². The molecule has 0 N–H and O–H groups in total. The van der Waals surface area contributed by atoms with Crippen molar-refractivity contribution in [3.63, 3.8) is 0 Å². The lowest BCUT2D eigenvalue weighted by atomic mass is 10.1. The molecule has 0 unspecified atom stereocenters. The van der Waals surface area contributed by atoms with Crippen LogP contribution in [0.4, 0.5) is 48.3 Å². The van der Waals surface area contributed by atoms with E-state index < -0.39 is 110 Å². The second kappa shape index (κ2) is 10.4. The van der Waals surface area contributed by atoms with E-state index in [1.807, 2.05) is 0 Å². The summed E-state index contributed by atoms with van der Waals surface area (Å²) >= 11 is 0. The molecule has 0 aliphatic carbocycles. The molecule has 15 heteroatoms. The Bertz CT molecular complexity index is 1760. The maximum atomic E-state index is 14.7. The minimum Gasteiger partial charge on any atom is -0.489 e. The van der Waals surface area contributed by atoms with Gasteiger partial charge in [-0.25, -0.2) is 43.9 Å². The van der Waals surface area contributed by atoms with Crippen LogP contribution in [0.2, 0.25) is 0 Å². The average molecular weight is 588 g/mol. The highest BCUT2D eigenvalue weighted by molar-refractivity contribution is 6.40. The first kappa shape index (κ1) is 27.9. The van der Waals surface area contributed by atoms with Gasteiger partial charge in [0.15, 0.2) is 63.9 Å². The summed E-state index contributed by atoms with van der Waals surface area (Å²) in [5, 5.41) is -3.89. The van der Waals surface area contributed by atoms with Crippen molar-refractivity contribution in [3.05, 3.63) is 113 Å². The lowest BCUT2D eigenvalue weighted by Gasteiger charge is -2.20. The predicted molar refractivity (Wildman–Crippen MR) is 122 cm³/mol. The first-order valence-corrected chi connectivity index (χ1v) is 11.0. The van der Waals surface area contributed by atoms with Gasteiger partial charge in [0.2, 0.25) is 5.82 Å². The molecule has 0 radical (unpaired) electrons. The van der Waals surface area contributed by atoms with E-state index in [0.717, 1.165) is 36.4 Å². The summed E-state index contributed by atoms with van der Waals surface area (Å²) in [7, 11) is -2.66. The summed E-state index contributed by atoms with van der Waals surface area (Å²) in [5.74, 6) is -25.1. The zero-order valence-electron chi connectivity index (χ0n) is 19.6. The Morgan fingerprint density at radius 2 is 0.805 bits per heavy atom. The number of rotatable bonds is 6. The topological polar surface area (TPSA) is 27.7 Å². The van der Waals surface area contributed by atoms with Crippen molar-refractivity contribution in [1.82, 2.24) is 0 Å². The average Bonchev–Trinajstić information content (AvgIpc) is 2.96. The van der Waals surface area contributed by atoms with E-state index in [1.54, 1.807) is 0 Å². The van der Waals surface area contributed by atoms with Crippen molar-refractivity contribution < 1.29 is 62.3 Å². The summed E-state index contributed by atoms with van der Waals surface area (Å²) in [4.78, 5) is 0. The molecule has 0 spiro atoms. The fourth-order valence-corrected chi connectivity index (χ4v) is 3.91. The van der Waals surface area contributed by atoms with Crippen molar-refractivity contribution in [3.8, 4) is 17.2 Å². The van der Waals surface area contributed by atoms with Gasteiger partial charge >= 0.3 is 7.32 Å². The normalized spacial score (nSPS) is 11.3. The van der Waals surface area contributed by atoms with Crippen LogP contribution < -0.4 is 14.0 Å². The van der Waals surface area contributed by atoms with Crippen LogP contribution in [0, 0.1) is 64.0 Å². The Morgan fingerprint density at radius 1 is 0.390 bits per heavy atom. The van der Waals surface area contributed by atoms with Crippen molar-refractivity contribution in [2.24, 2.45) is 0 Å². The van der Waals surface area contributed by atoms with Crippen molar-refractivity contribution in [1.29, 1.82) is 0 Å². The monoisotopic (exact) mass is 588 g/mol. The molecule has 0 bridgehead atoms.